The van der Waals surface area contributed by atoms with Gasteiger partial charge < -0.3 is 15.2 Å². The second kappa shape index (κ2) is 5.72. The van der Waals surface area contributed by atoms with Crippen molar-refractivity contribution in [2.75, 3.05) is 26.2 Å². The van der Waals surface area contributed by atoms with Crippen LogP contribution in [-0.4, -0.2) is 36.2 Å². The number of piperidine rings is 1. The number of hydrogen-bond donors (Lipinski definition) is 1. The van der Waals surface area contributed by atoms with E-state index in [0.29, 0.717) is 5.92 Å². The van der Waals surface area contributed by atoms with Gasteiger partial charge in [0, 0.05) is 11.3 Å². The minimum atomic E-state index is 0.540. The molecule has 2 N–H and O–H groups in total. The van der Waals surface area contributed by atoms with Crippen LogP contribution in [-0.2, 0) is 0 Å². The largest absolute Gasteiger partial charge is 0.356 e. The number of nitrogens with two attached hydrogens (primary N) is 1. The van der Waals surface area contributed by atoms with Gasteiger partial charge in [0.1, 0.15) is 0 Å². The summed E-state index contributed by atoms with van der Waals surface area (Å²) in [5.41, 5.74) is 7.62. The van der Waals surface area contributed by atoms with Crippen LogP contribution in [0.2, 0.25) is 0 Å². The van der Waals surface area contributed by atoms with Crippen LogP contribution in [0.4, 0.5) is 0 Å². The molecule has 3 rings (SSSR count). The monoisotopic (exact) mass is 259 g/mol. The van der Waals surface area contributed by atoms with Gasteiger partial charge in [-0.05, 0) is 57.6 Å². The Bertz CT molecular complexity index is 529. The minimum Gasteiger partial charge on any atom is -0.356 e. The predicted octanol–water partition coefficient (Wildman–Crippen LogP) is 2.36. The molecule has 4 nitrogen and oxygen atoms in total. The molecule has 0 bridgehead atoms. The summed E-state index contributed by atoms with van der Waals surface area (Å²) in [7, 11) is 0. The first-order valence-corrected chi connectivity index (χ1v) is 7.15. The molecule has 1 aromatic carbocycles. The Labute approximate surface area is 113 Å². The molecule has 0 atom stereocenters. The highest BCUT2D eigenvalue weighted by Gasteiger charge is 2.24. The topological polar surface area (TPSA) is 55.3 Å². The summed E-state index contributed by atoms with van der Waals surface area (Å²) in [6, 6.07) is 8.15. The summed E-state index contributed by atoms with van der Waals surface area (Å²) in [4.78, 5) is 2.51. The van der Waals surface area contributed by atoms with Crippen molar-refractivity contribution in [2.45, 2.75) is 25.2 Å². The van der Waals surface area contributed by atoms with Crippen LogP contribution >= 0.6 is 0 Å². The second-order valence-electron chi connectivity index (χ2n) is 5.32. The molecule has 1 fully saturated rings. The van der Waals surface area contributed by atoms with Gasteiger partial charge in [-0.2, -0.15) is 0 Å². The Hall–Kier alpha value is -1.39. The van der Waals surface area contributed by atoms with E-state index in [-0.39, 0.29) is 0 Å². The summed E-state index contributed by atoms with van der Waals surface area (Å²) in [5.74, 6) is 0.540. The van der Waals surface area contributed by atoms with Crippen LogP contribution in [0.5, 0.6) is 0 Å². The molecular weight excluding hydrogens is 238 g/mol. The normalized spacial score (nSPS) is 18.2. The highest BCUT2D eigenvalue weighted by Crippen LogP contribution is 2.32. The number of likely N-dealkylation sites (tertiary alicyclic amines) is 1. The minimum absolute atomic E-state index is 0.540. The molecule has 1 saturated heterocycles. The quantitative estimate of drug-likeness (QED) is 0.915. The lowest BCUT2D eigenvalue weighted by atomic mass is 9.91. The summed E-state index contributed by atoms with van der Waals surface area (Å²) < 4.78 is 5.41. The molecule has 0 amide bonds. The zero-order valence-electron chi connectivity index (χ0n) is 11.2. The van der Waals surface area contributed by atoms with Crippen LogP contribution < -0.4 is 5.73 Å². The molecule has 2 aromatic rings. The molecule has 19 heavy (non-hydrogen) atoms. The Kier molecular flexibility index (Phi) is 3.80. The van der Waals surface area contributed by atoms with Gasteiger partial charge in [-0.3, -0.25) is 0 Å². The Morgan fingerprint density at radius 2 is 2.05 bits per heavy atom. The fourth-order valence-electron chi connectivity index (χ4n) is 2.94. The molecule has 0 saturated carbocycles. The smallest absolute Gasteiger partial charge is 0.167 e. The summed E-state index contributed by atoms with van der Waals surface area (Å²) in [5, 5.41) is 5.48. The van der Waals surface area contributed by atoms with E-state index in [1.54, 1.807) is 0 Å². The van der Waals surface area contributed by atoms with Crippen molar-refractivity contribution in [1.82, 2.24) is 10.1 Å². The van der Waals surface area contributed by atoms with E-state index < -0.39 is 0 Å². The van der Waals surface area contributed by atoms with Crippen molar-refractivity contribution in [3.63, 3.8) is 0 Å². The maximum atomic E-state index is 5.56. The van der Waals surface area contributed by atoms with E-state index in [1.807, 2.05) is 12.1 Å². The van der Waals surface area contributed by atoms with E-state index >= 15 is 0 Å². The maximum Gasteiger partial charge on any atom is 0.167 e. The molecular formula is C15H21N3O. The molecule has 1 aromatic heterocycles. The molecule has 4 heteroatoms. The average molecular weight is 259 g/mol. The van der Waals surface area contributed by atoms with Crippen LogP contribution in [0.15, 0.2) is 28.8 Å². The third-order valence-corrected chi connectivity index (χ3v) is 4.06. The number of para-hydroxylation sites is 1. The number of fused-ring (bicyclic) bond motifs is 1. The van der Waals surface area contributed by atoms with Gasteiger partial charge >= 0.3 is 0 Å². The molecule has 2 heterocycles. The van der Waals surface area contributed by atoms with Gasteiger partial charge in [0.2, 0.25) is 0 Å². The zero-order chi connectivity index (χ0) is 13.1. The molecule has 1 aliphatic heterocycles. The maximum absolute atomic E-state index is 5.56. The number of nitrogens with zero attached hydrogens (tertiary/aromatic N) is 2. The van der Waals surface area contributed by atoms with E-state index in [2.05, 4.69) is 22.2 Å². The fourth-order valence-corrected chi connectivity index (χ4v) is 2.94. The van der Waals surface area contributed by atoms with Gasteiger partial charge in [-0.25, -0.2) is 0 Å². The third kappa shape index (κ3) is 2.65. The first-order valence-electron chi connectivity index (χ1n) is 7.15. The molecule has 0 unspecified atom stereocenters. The van der Waals surface area contributed by atoms with Crippen LogP contribution in [0, 0.1) is 0 Å². The summed E-state index contributed by atoms with van der Waals surface area (Å²) >= 11 is 0. The Morgan fingerprint density at radius 3 is 2.84 bits per heavy atom. The highest BCUT2D eigenvalue weighted by atomic mass is 16.5. The van der Waals surface area contributed by atoms with Crippen molar-refractivity contribution in [3.8, 4) is 0 Å². The number of hydrogen-bond acceptors (Lipinski definition) is 4. The van der Waals surface area contributed by atoms with Gasteiger partial charge in [-0.1, -0.05) is 17.3 Å². The van der Waals surface area contributed by atoms with Gasteiger partial charge in [0.15, 0.2) is 5.58 Å². The fraction of sp³-hybridized carbons (Fsp3) is 0.533. The second-order valence-corrected chi connectivity index (χ2v) is 5.32. The molecule has 0 radical (unpaired) electrons. The van der Waals surface area contributed by atoms with Gasteiger partial charge in [0.05, 0.1) is 5.69 Å². The van der Waals surface area contributed by atoms with Gasteiger partial charge in [0.25, 0.3) is 0 Å². The van der Waals surface area contributed by atoms with Crippen molar-refractivity contribution < 1.29 is 4.52 Å². The third-order valence-electron chi connectivity index (χ3n) is 4.06. The average Bonchev–Trinajstić information content (AvgIpc) is 2.90. The van der Waals surface area contributed by atoms with Crippen molar-refractivity contribution >= 4 is 11.0 Å². The number of rotatable bonds is 4. The molecule has 0 spiro atoms. The summed E-state index contributed by atoms with van der Waals surface area (Å²) in [6.07, 6.45) is 3.43. The SMILES string of the molecule is NCCCN1CCC(c2noc3ccccc23)CC1. The zero-order valence-corrected chi connectivity index (χ0v) is 11.2. The van der Waals surface area contributed by atoms with Crippen molar-refractivity contribution in [2.24, 2.45) is 5.73 Å². The van der Waals surface area contributed by atoms with Crippen molar-refractivity contribution in [1.29, 1.82) is 0 Å². The van der Waals surface area contributed by atoms with Crippen molar-refractivity contribution in [3.05, 3.63) is 30.0 Å². The Morgan fingerprint density at radius 1 is 1.26 bits per heavy atom. The molecule has 102 valence electrons. The lowest BCUT2D eigenvalue weighted by Crippen LogP contribution is -2.34. The predicted molar refractivity (Wildman–Crippen MR) is 76.1 cm³/mol. The number of benzene rings is 1. The van der Waals surface area contributed by atoms with Crippen LogP contribution in [0.1, 0.15) is 30.9 Å². The van der Waals surface area contributed by atoms with Crippen LogP contribution in [0.25, 0.3) is 11.0 Å². The van der Waals surface area contributed by atoms with E-state index in [1.165, 1.54) is 18.2 Å². The standard InChI is InChI=1S/C15H21N3O/c16-8-3-9-18-10-6-12(7-11-18)15-13-4-1-2-5-14(13)19-17-15/h1-2,4-5,12H,3,6-11,16H2. The Balaban J connectivity index is 1.68. The first kappa shape index (κ1) is 12.6. The van der Waals surface area contributed by atoms with E-state index in [0.717, 1.165) is 43.9 Å². The lowest BCUT2D eigenvalue weighted by molar-refractivity contribution is 0.208. The van der Waals surface area contributed by atoms with Crippen LogP contribution in [0.3, 0.4) is 0 Å². The lowest BCUT2D eigenvalue weighted by Gasteiger charge is -2.30. The van der Waals surface area contributed by atoms with E-state index in [4.69, 9.17) is 10.3 Å². The summed E-state index contributed by atoms with van der Waals surface area (Å²) in [6.45, 7) is 4.20. The van der Waals surface area contributed by atoms with E-state index in [9.17, 15) is 0 Å². The molecule has 0 aliphatic carbocycles. The van der Waals surface area contributed by atoms with Gasteiger partial charge in [-0.15, -0.1) is 0 Å². The molecule has 1 aliphatic rings. The number of aromatic nitrogens is 1. The highest BCUT2D eigenvalue weighted by molar-refractivity contribution is 5.79. The first-order chi connectivity index (χ1) is 9.38.